The molecule has 0 saturated carbocycles. The summed E-state index contributed by atoms with van der Waals surface area (Å²) in [7, 11) is 0. The van der Waals surface area contributed by atoms with E-state index >= 15 is 0 Å². The minimum Gasteiger partial charge on any atom is -0.481 e. The molecule has 0 aliphatic heterocycles. The van der Waals surface area contributed by atoms with Gasteiger partial charge in [0.25, 0.3) is 0 Å². The summed E-state index contributed by atoms with van der Waals surface area (Å²) in [6, 6.07) is 9.12. The highest BCUT2D eigenvalue weighted by Crippen LogP contribution is 2.14. The summed E-state index contributed by atoms with van der Waals surface area (Å²) < 4.78 is 0. The molecule has 0 aliphatic carbocycles. The molecule has 0 heterocycles. The molecule has 0 saturated heterocycles. The fourth-order valence-electron chi connectivity index (χ4n) is 1.65. The monoisotopic (exact) mass is 278 g/mol. The molecule has 5 nitrogen and oxygen atoms in total. The maximum atomic E-state index is 12.3. The van der Waals surface area contributed by atoms with Crippen LogP contribution < -0.4 is 10.2 Å². The summed E-state index contributed by atoms with van der Waals surface area (Å²) in [4.78, 5) is 24.5. The number of amides is 1. The van der Waals surface area contributed by atoms with E-state index in [0.29, 0.717) is 0 Å². The molecule has 1 aromatic carbocycles. The van der Waals surface area contributed by atoms with Gasteiger partial charge in [-0.1, -0.05) is 18.2 Å². The van der Waals surface area contributed by atoms with Gasteiger partial charge in [0, 0.05) is 17.8 Å². The molecular formula is C15H22N2O3. The van der Waals surface area contributed by atoms with E-state index in [2.05, 4.69) is 5.32 Å². The van der Waals surface area contributed by atoms with E-state index in [9.17, 15) is 9.59 Å². The number of rotatable bonds is 6. The lowest BCUT2D eigenvalue weighted by molar-refractivity contribution is -0.136. The van der Waals surface area contributed by atoms with E-state index in [4.69, 9.17) is 5.11 Å². The zero-order valence-corrected chi connectivity index (χ0v) is 12.2. The van der Waals surface area contributed by atoms with Crippen LogP contribution in [0.4, 0.5) is 5.69 Å². The predicted molar refractivity (Wildman–Crippen MR) is 78.8 cm³/mol. The lowest BCUT2D eigenvalue weighted by atomic mass is 10.1. The van der Waals surface area contributed by atoms with Gasteiger partial charge in [-0.2, -0.15) is 0 Å². The Hall–Kier alpha value is -1.88. The van der Waals surface area contributed by atoms with E-state index in [1.54, 1.807) is 12.1 Å². The number of carboxylic acids is 1. The topological polar surface area (TPSA) is 69.6 Å². The van der Waals surface area contributed by atoms with Crippen LogP contribution in [0.2, 0.25) is 0 Å². The van der Waals surface area contributed by atoms with Crippen LogP contribution in [0.1, 0.15) is 27.2 Å². The van der Waals surface area contributed by atoms with Crippen LogP contribution in [0.3, 0.4) is 0 Å². The lowest BCUT2D eigenvalue weighted by Crippen LogP contribution is -2.45. The molecule has 0 spiro atoms. The van der Waals surface area contributed by atoms with Crippen molar-refractivity contribution in [2.24, 2.45) is 0 Å². The summed E-state index contributed by atoms with van der Waals surface area (Å²) in [6.07, 6.45) is -0.0733. The Kier molecular flexibility index (Phi) is 5.70. The predicted octanol–water partition coefficient (Wildman–Crippen LogP) is 1.88. The Bertz CT molecular complexity index is 452. The largest absolute Gasteiger partial charge is 0.481 e. The maximum absolute atomic E-state index is 12.3. The number of aliphatic carboxylic acids is 1. The van der Waals surface area contributed by atoms with Gasteiger partial charge in [-0.15, -0.1) is 0 Å². The van der Waals surface area contributed by atoms with Crippen molar-refractivity contribution in [1.29, 1.82) is 0 Å². The van der Waals surface area contributed by atoms with Gasteiger partial charge in [0.1, 0.15) is 0 Å². The highest BCUT2D eigenvalue weighted by molar-refractivity contribution is 5.95. The summed E-state index contributed by atoms with van der Waals surface area (Å²) >= 11 is 0. The molecule has 0 bridgehead atoms. The smallest absolute Gasteiger partial charge is 0.305 e. The van der Waals surface area contributed by atoms with E-state index in [1.807, 2.05) is 39.0 Å². The van der Waals surface area contributed by atoms with Crippen LogP contribution in [0.15, 0.2) is 30.3 Å². The van der Waals surface area contributed by atoms with Crippen molar-refractivity contribution in [2.75, 3.05) is 18.0 Å². The van der Waals surface area contributed by atoms with Crippen LogP contribution in [0, 0.1) is 0 Å². The number of para-hydroxylation sites is 1. The van der Waals surface area contributed by atoms with E-state index < -0.39 is 5.97 Å². The molecule has 20 heavy (non-hydrogen) atoms. The van der Waals surface area contributed by atoms with Gasteiger partial charge in [0.2, 0.25) is 5.91 Å². The van der Waals surface area contributed by atoms with Crippen molar-refractivity contribution in [1.82, 2.24) is 5.32 Å². The molecule has 0 fully saturated rings. The Morgan fingerprint density at radius 3 is 2.30 bits per heavy atom. The molecule has 1 amide bonds. The van der Waals surface area contributed by atoms with Gasteiger partial charge in [-0.05, 0) is 32.9 Å². The first-order valence-corrected chi connectivity index (χ1v) is 6.62. The quantitative estimate of drug-likeness (QED) is 0.833. The lowest BCUT2D eigenvalue weighted by Gasteiger charge is -2.26. The fourth-order valence-corrected chi connectivity index (χ4v) is 1.65. The van der Waals surface area contributed by atoms with Crippen LogP contribution in [0.5, 0.6) is 0 Å². The van der Waals surface area contributed by atoms with Gasteiger partial charge < -0.3 is 15.3 Å². The maximum Gasteiger partial charge on any atom is 0.305 e. The van der Waals surface area contributed by atoms with Crippen molar-refractivity contribution in [3.05, 3.63) is 30.3 Å². The van der Waals surface area contributed by atoms with Crippen LogP contribution in [-0.4, -0.2) is 35.6 Å². The Morgan fingerprint density at radius 1 is 1.20 bits per heavy atom. The first-order chi connectivity index (χ1) is 9.29. The van der Waals surface area contributed by atoms with Gasteiger partial charge in [0.15, 0.2) is 0 Å². The van der Waals surface area contributed by atoms with Crippen molar-refractivity contribution in [3.63, 3.8) is 0 Å². The van der Waals surface area contributed by atoms with Crippen molar-refractivity contribution in [3.8, 4) is 0 Å². The number of hydrogen-bond donors (Lipinski definition) is 2. The van der Waals surface area contributed by atoms with Crippen LogP contribution in [-0.2, 0) is 9.59 Å². The average molecular weight is 278 g/mol. The third-order valence-corrected chi connectivity index (χ3v) is 2.69. The van der Waals surface area contributed by atoms with Crippen LogP contribution >= 0.6 is 0 Å². The molecule has 0 unspecified atom stereocenters. The Balaban J connectivity index is 2.77. The fraction of sp³-hybridized carbons (Fsp3) is 0.467. The molecule has 1 rings (SSSR count). The van der Waals surface area contributed by atoms with Gasteiger partial charge >= 0.3 is 5.97 Å². The zero-order valence-electron chi connectivity index (χ0n) is 12.2. The first-order valence-electron chi connectivity index (χ1n) is 6.62. The standard InChI is InChI=1S/C15H22N2O3/c1-15(2,3)16-11-13(18)17(10-9-14(19)20)12-7-5-4-6-8-12/h4-8,16H,9-11H2,1-3H3,(H,19,20). The van der Waals surface area contributed by atoms with Crippen molar-refractivity contribution in [2.45, 2.75) is 32.7 Å². The second-order valence-electron chi connectivity index (χ2n) is 5.63. The highest BCUT2D eigenvalue weighted by atomic mass is 16.4. The number of carbonyl (C=O) groups is 2. The third kappa shape index (κ3) is 5.84. The number of nitrogens with zero attached hydrogens (tertiary/aromatic N) is 1. The molecular weight excluding hydrogens is 256 g/mol. The number of carboxylic acid groups (broad SMARTS) is 1. The highest BCUT2D eigenvalue weighted by Gasteiger charge is 2.19. The minimum absolute atomic E-state index is 0.0733. The van der Waals surface area contributed by atoms with E-state index in [-0.39, 0.29) is 31.0 Å². The number of carbonyl (C=O) groups excluding carboxylic acids is 1. The van der Waals surface area contributed by atoms with Gasteiger partial charge in [0.05, 0.1) is 13.0 Å². The van der Waals surface area contributed by atoms with E-state index in [1.165, 1.54) is 4.90 Å². The first kappa shape index (κ1) is 16.2. The second kappa shape index (κ2) is 7.05. The summed E-state index contributed by atoms with van der Waals surface area (Å²) in [6.45, 7) is 6.28. The molecule has 2 N–H and O–H groups in total. The normalized spacial score (nSPS) is 11.2. The van der Waals surface area contributed by atoms with Crippen LogP contribution in [0.25, 0.3) is 0 Å². The van der Waals surface area contributed by atoms with Crippen molar-refractivity contribution >= 4 is 17.6 Å². The average Bonchev–Trinajstić information content (AvgIpc) is 2.36. The molecule has 0 radical (unpaired) electrons. The van der Waals surface area contributed by atoms with Gasteiger partial charge in [-0.3, -0.25) is 9.59 Å². The molecule has 0 aromatic heterocycles. The summed E-state index contributed by atoms with van der Waals surface area (Å²) in [5.74, 6) is -1.05. The zero-order chi connectivity index (χ0) is 15.2. The molecule has 0 atom stereocenters. The molecule has 0 aliphatic rings. The summed E-state index contributed by atoms with van der Waals surface area (Å²) in [5, 5.41) is 11.9. The Morgan fingerprint density at radius 2 is 1.80 bits per heavy atom. The SMILES string of the molecule is CC(C)(C)NCC(=O)N(CCC(=O)O)c1ccccc1. The van der Waals surface area contributed by atoms with Crippen molar-refractivity contribution < 1.29 is 14.7 Å². The number of hydrogen-bond acceptors (Lipinski definition) is 3. The Labute approximate surface area is 119 Å². The number of anilines is 1. The summed E-state index contributed by atoms with van der Waals surface area (Å²) in [5.41, 5.74) is 0.555. The molecule has 110 valence electrons. The minimum atomic E-state index is -0.914. The number of nitrogens with one attached hydrogen (secondary N) is 1. The molecule has 1 aromatic rings. The second-order valence-corrected chi connectivity index (χ2v) is 5.63. The molecule has 5 heteroatoms. The van der Waals surface area contributed by atoms with E-state index in [0.717, 1.165) is 5.69 Å². The number of benzene rings is 1. The third-order valence-electron chi connectivity index (χ3n) is 2.69. The van der Waals surface area contributed by atoms with Gasteiger partial charge in [-0.25, -0.2) is 0 Å².